The van der Waals surface area contributed by atoms with Crippen molar-refractivity contribution in [2.75, 3.05) is 26.4 Å². The zero-order chi connectivity index (χ0) is 16.7. The fourth-order valence-electron chi connectivity index (χ4n) is 1.45. The number of hydrogen-bond donors (Lipinski definition) is 2. The first-order valence-corrected chi connectivity index (χ1v) is 9.23. The van der Waals surface area contributed by atoms with Gasteiger partial charge in [-0.15, -0.1) is 0 Å². The van der Waals surface area contributed by atoms with E-state index in [1.165, 1.54) is 6.92 Å². The van der Waals surface area contributed by atoms with Crippen LogP contribution in [0.15, 0.2) is 12.2 Å². The second-order valence-electron chi connectivity index (χ2n) is 4.25. The van der Waals surface area contributed by atoms with Gasteiger partial charge in [-0.3, -0.25) is 0 Å². The van der Waals surface area contributed by atoms with Crippen LogP contribution in [0.4, 0.5) is 0 Å². The number of aliphatic carboxylic acids is 1. The first-order valence-electron chi connectivity index (χ1n) is 7.30. The Bertz CT molecular complexity index is 254. The Morgan fingerprint density at radius 1 is 1.05 bits per heavy atom. The first kappa shape index (κ1) is 22.5. The third-order valence-corrected chi connectivity index (χ3v) is 5.50. The highest BCUT2D eigenvalue weighted by atomic mass is 28.4. The smallest absolute Gasteiger partial charge is 0.478 e. The molecule has 0 atom stereocenters. The van der Waals surface area contributed by atoms with Crippen molar-refractivity contribution >= 4 is 14.8 Å². The lowest BCUT2D eigenvalue weighted by molar-refractivity contribution is -0.132. The van der Waals surface area contributed by atoms with Crippen molar-refractivity contribution in [1.29, 1.82) is 0 Å². The minimum atomic E-state index is -2.44. The van der Waals surface area contributed by atoms with Crippen LogP contribution in [-0.4, -0.2) is 51.4 Å². The van der Waals surface area contributed by atoms with E-state index in [-0.39, 0.29) is 12.2 Å². The number of carboxylic acids is 1. The normalized spacial score (nSPS) is 10.7. The molecule has 0 fully saturated rings. The highest BCUT2D eigenvalue weighted by Crippen LogP contribution is 2.18. The maximum Gasteiger partial charge on any atom is 0.500 e. The predicted octanol–water partition coefficient (Wildman–Crippen LogP) is 2.45. The topological polar surface area (TPSA) is 85.2 Å². The third kappa shape index (κ3) is 12.7. The van der Waals surface area contributed by atoms with E-state index < -0.39 is 14.8 Å². The van der Waals surface area contributed by atoms with E-state index in [1.807, 2.05) is 20.8 Å². The Hall–Kier alpha value is -0.733. The van der Waals surface area contributed by atoms with Crippen molar-refractivity contribution in [2.45, 2.75) is 46.6 Å². The fraction of sp³-hybridized carbons (Fsp3) is 0.786. The summed E-state index contributed by atoms with van der Waals surface area (Å²) in [6.45, 7) is 12.5. The largest absolute Gasteiger partial charge is 0.500 e. The Morgan fingerprint density at radius 2 is 1.43 bits per heavy atom. The molecule has 2 N–H and O–H groups in total. The van der Waals surface area contributed by atoms with Gasteiger partial charge in [-0.25, -0.2) is 4.79 Å². The molecular formula is C14H30O6Si. The molecule has 21 heavy (non-hydrogen) atoms. The monoisotopic (exact) mass is 322 g/mol. The molecule has 0 aromatic heterocycles. The summed E-state index contributed by atoms with van der Waals surface area (Å²) in [6, 6.07) is 0.795. The number of hydrogen-bond acceptors (Lipinski definition) is 5. The summed E-state index contributed by atoms with van der Waals surface area (Å²) in [5, 5.41) is 16.6. The van der Waals surface area contributed by atoms with E-state index in [4.69, 9.17) is 23.5 Å². The lowest BCUT2D eigenvalue weighted by Crippen LogP contribution is -2.45. The average molecular weight is 322 g/mol. The predicted molar refractivity (Wildman–Crippen MR) is 84.2 cm³/mol. The highest BCUT2D eigenvalue weighted by molar-refractivity contribution is 6.60. The molecule has 0 heterocycles. The van der Waals surface area contributed by atoms with Crippen molar-refractivity contribution in [3.8, 4) is 0 Å². The van der Waals surface area contributed by atoms with Crippen molar-refractivity contribution < 1.29 is 28.3 Å². The van der Waals surface area contributed by atoms with E-state index in [9.17, 15) is 4.79 Å². The van der Waals surface area contributed by atoms with E-state index in [1.54, 1.807) is 0 Å². The average Bonchev–Trinajstić information content (AvgIpc) is 2.40. The molecule has 0 saturated carbocycles. The van der Waals surface area contributed by atoms with Crippen LogP contribution in [-0.2, 0) is 18.1 Å². The number of carbonyl (C=O) groups is 1. The van der Waals surface area contributed by atoms with Gasteiger partial charge in [-0.2, -0.15) is 0 Å². The molecular weight excluding hydrogens is 292 g/mol. The van der Waals surface area contributed by atoms with Gasteiger partial charge in [0.25, 0.3) is 0 Å². The molecule has 0 spiro atoms. The Balaban J connectivity index is 0. The number of aliphatic hydroxyl groups is 1. The van der Waals surface area contributed by atoms with Crippen LogP contribution in [0.2, 0.25) is 6.04 Å². The van der Waals surface area contributed by atoms with Crippen molar-refractivity contribution in [3.63, 3.8) is 0 Å². The summed E-state index contributed by atoms with van der Waals surface area (Å²) in [5.74, 6) is -0.935. The van der Waals surface area contributed by atoms with Gasteiger partial charge in [0, 0.05) is 38.0 Å². The molecule has 0 rings (SSSR count). The van der Waals surface area contributed by atoms with Crippen LogP contribution in [0.5, 0.6) is 0 Å². The molecule has 0 bridgehead atoms. The van der Waals surface area contributed by atoms with Gasteiger partial charge in [0.1, 0.15) is 0 Å². The van der Waals surface area contributed by atoms with Crippen LogP contribution in [0.3, 0.4) is 0 Å². The van der Waals surface area contributed by atoms with Gasteiger partial charge in [-0.1, -0.05) is 6.58 Å². The van der Waals surface area contributed by atoms with E-state index in [2.05, 4.69) is 6.58 Å². The molecule has 0 radical (unpaired) electrons. The molecule has 0 aliphatic rings. The molecule has 0 saturated heterocycles. The van der Waals surface area contributed by atoms with E-state index in [0.717, 1.165) is 18.9 Å². The summed E-state index contributed by atoms with van der Waals surface area (Å²) in [7, 11) is -2.44. The van der Waals surface area contributed by atoms with Crippen LogP contribution in [0.25, 0.3) is 0 Å². The van der Waals surface area contributed by atoms with Gasteiger partial charge >= 0.3 is 14.8 Å². The minimum absolute atomic E-state index is 0.176. The lowest BCUT2D eigenvalue weighted by atomic mass is 10.4. The van der Waals surface area contributed by atoms with Crippen LogP contribution >= 0.6 is 0 Å². The molecule has 0 amide bonds. The molecule has 0 aliphatic carbocycles. The maximum absolute atomic E-state index is 9.60. The number of unbranched alkanes of at least 4 members (excludes halogenated alkanes) is 1. The van der Waals surface area contributed by atoms with E-state index in [0.29, 0.717) is 19.8 Å². The van der Waals surface area contributed by atoms with Gasteiger partial charge in [-0.05, 0) is 40.5 Å². The molecule has 0 unspecified atom stereocenters. The Kier molecular flexibility index (Phi) is 15.3. The Labute approximate surface area is 129 Å². The van der Waals surface area contributed by atoms with Crippen molar-refractivity contribution in [1.82, 2.24) is 0 Å². The van der Waals surface area contributed by atoms with Gasteiger partial charge in [0.2, 0.25) is 0 Å². The number of carboxylic acid groups (broad SMARTS) is 1. The molecule has 0 aromatic carbocycles. The van der Waals surface area contributed by atoms with Crippen LogP contribution < -0.4 is 0 Å². The zero-order valence-corrected chi connectivity index (χ0v) is 14.7. The summed E-state index contributed by atoms with van der Waals surface area (Å²) < 4.78 is 17.0. The van der Waals surface area contributed by atoms with E-state index >= 15 is 0 Å². The molecule has 6 nitrogen and oxygen atoms in total. The minimum Gasteiger partial charge on any atom is -0.478 e. The zero-order valence-electron chi connectivity index (χ0n) is 13.7. The van der Waals surface area contributed by atoms with Crippen LogP contribution in [0.1, 0.15) is 40.5 Å². The first-order chi connectivity index (χ1) is 9.89. The van der Waals surface area contributed by atoms with Gasteiger partial charge in [0.15, 0.2) is 0 Å². The van der Waals surface area contributed by atoms with Crippen molar-refractivity contribution in [2.24, 2.45) is 0 Å². The van der Waals surface area contributed by atoms with Crippen molar-refractivity contribution in [3.05, 3.63) is 12.2 Å². The maximum atomic E-state index is 9.60. The SMILES string of the molecule is C=C(C)C(=O)O.CCO[Si](CCCCO)(OCC)OCC. The summed E-state index contributed by atoms with van der Waals surface area (Å²) in [5.41, 5.74) is 0.176. The highest BCUT2D eigenvalue weighted by Gasteiger charge is 2.39. The molecule has 7 heteroatoms. The standard InChI is InChI=1S/C10H24O4Si.C4H6O2/c1-4-12-15(13-5-2,14-6-3)10-8-7-9-11;1-3(2)4(5)6/h11H,4-10H2,1-3H3;1H2,2H3,(H,5,6). The number of rotatable bonds is 11. The van der Waals surface area contributed by atoms with Gasteiger partial charge < -0.3 is 23.5 Å². The molecule has 0 aromatic rings. The second-order valence-corrected chi connectivity index (χ2v) is 6.98. The van der Waals surface area contributed by atoms with Gasteiger partial charge in [0.05, 0.1) is 0 Å². The van der Waals surface area contributed by atoms with Crippen LogP contribution in [0, 0.1) is 0 Å². The Morgan fingerprint density at radius 3 is 1.67 bits per heavy atom. The molecule has 126 valence electrons. The third-order valence-electron chi connectivity index (χ3n) is 2.35. The molecule has 0 aliphatic heterocycles. The summed E-state index contributed by atoms with van der Waals surface area (Å²) in [6.07, 6.45) is 1.67. The quantitative estimate of drug-likeness (QED) is 0.345. The second kappa shape index (κ2) is 14.2. The fourth-order valence-corrected chi connectivity index (χ4v) is 4.14. The summed E-state index contributed by atoms with van der Waals surface area (Å²) in [4.78, 5) is 9.60. The number of aliphatic hydroxyl groups excluding tert-OH is 1. The lowest BCUT2D eigenvalue weighted by Gasteiger charge is -2.28. The summed E-state index contributed by atoms with van der Waals surface area (Å²) >= 11 is 0.